The van der Waals surface area contributed by atoms with Gasteiger partial charge in [0.15, 0.2) is 11.9 Å². The summed E-state index contributed by atoms with van der Waals surface area (Å²) in [6.07, 6.45) is 2.48. The van der Waals surface area contributed by atoms with Crippen molar-refractivity contribution >= 4 is 18.0 Å². The number of aromatic nitrogens is 2. The molecule has 11 nitrogen and oxygen atoms in total. The molecule has 14 heteroatoms. The van der Waals surface area contributed by atoms with Gasteiger partial charge < -0.3 is 23.8 Å². The normalized spacial score (nSPS) is 23.3. The maximum Gasteiger partial charge on any atom is 0.512 e. The minimum atomic E-state index is -2.06. The molecule has 0 bridgehead atoms. The second kappa shape index (κ2) is 12.2. The number of halogens is 3. The van der Waals surface area contributed by atoms with Crippen molar-refractivity contribution in [3.8, 4) is 5.75 Å². The van der Waals surface area contributed by atoms with E-state index in [0.29, 0.717) is 24.9 Å². The quantitative estimate of drug-likeness (QED) is 0.317. The molecule has 3 heterocycles. The van der Waals surface area contributed by atoms with Gasteiger partial charge in [-0.05, 0) is 50.5 Å². The van der Waals surface area contributed by atoms with Crippen molar-refractivity contribution in [3.05, 3.63) is 81.8 Å². The van der Waals surface area contributed by atoms with Crippen LogP contribution in [0.2, 0.25) is 0 Å². The summed E-state index contributed by atoms with van der Waals surface area (Å²) in [7, 11) is 1.11. The maximum absolute atomic E-state index is 15.5. The Morgan fingerprint density at radius 1 is 1.20 bits per heavy atom. The molecule has 1 aromatic carbocycles. The molecule has 1 saturated heterocycles. The molecule has 0 radical (unpaired) electrons. The maximum atomic E-state index is 15.5. The zero-order chi connectivity index (χ0) is 31.8. The summed E-state index contributed by atoms with van der Waals surface area (Å²) in [4.78, 5) is 52.3. The van der Waals surface area contributed by atoms with Gasteiger partial charge in [0.1, 0.15) is 11.6 Å². The largest absolute Gasteiger partial charge is 0.512 e. The first-order chi connectivity index (χ1) is 20.9. The van der Waals surface area contributed by atoms with Crippen molar-refractivity contribution in [1.29, 1.82) is 0 Å². The number of esters is 1. The van der Waals surface area contributed by atoms with Gasteiger partial charge in [-0.25, -0.2) is 22.8 Å². The number of rotatable bonds is 8. The SMILES string of the molecule is COC(=O)C(C)(C)OC(=O)OCOc1c2n(ncc1=O)[C@@H]([C@H](c1cccc(F)c1)C1C=CC=C(F)C1F)[C@H]1CCCN1C2=O. The third-order valence-corrected chi connectivity index (χ3v) is 8.01. The smallest absolute Gasteiger partial charge is 0.466 e. The van der Waals surface area contributed by atoms with E-state index < -0.39 is 83.3 Å². The number of nitrogens with zero attached hydrogens (tertiary/aromatic N) is 3. The number of amides is 1. The van der Waals surface area contributed by atoms with E-state index in [1.54, 1.807) is 6.07 Å². The summed E-state index contributed by atoms with van der Waals surface area (Å²) in [5.41, 5.74) is -2.45. The van der Waals surface area contributed by atoms with Crippen LogP contribution in [0.15, 0.2) is 59.3 Å². The third kappa shape index (κ3) is 5.67. The Labute approximate surface area is 249 Å². The van der Waals surface area contributed by atoms with Crippen LogP contribution in [0.25, 0.3) is 0 Å². The van der Waals surface area contributed by atoms with E-state index in [0.717, 1.165) is 19.4 Å². The lowest BCUT2D eigenvalue weighted by molar-refractivity contribution is -0.161. The van der Waals surface area contributed by atoms with Crippen LogP contribution in [0.3, 0.4) is 0 Å². The van der Waals surface area contributed by atoms with Gasteiger partial charge >= 0.3 is 12.1 Å². The van der Waals surface area contributed by atoms with Gasteiger partial charge in [0, 0.05) is 18.4 Å². The molecule has 0 saturated carbocycles. The Bertz CT molecular complexity index is 1590. The second-order valence-corrected chi connectivity index (χ2v) is 11.1. The van der Waals surface area contributed by atoms with E-state index in [4.69, 9.17) is 14.2 Å². The Hall–Kier alpha value is -4.62. The van der Waals surface area contributed by atoms with E-state index in [1.165, 1.54) is 53.8 Å². The number of carbonyl (C=O) groups excluding carboxylic acids is 3. The lowest BCUT2D eigenvalue weighted by atomic mass is 9.73. The molecule has 44 heavy (non-hydrogen) atoms. The first-order valence-electron chi connectivity index (χ1n) is 13.9. The van der Waals surface area contributed by atoms with Crippen molar-refractivity contribution in [2.45, 2.75) is 56.5 Å². The van der Waals surface area contributed by atoms with Crippen LogP contribution in [-0.2, 0) is 19.0 Å². The number of ether oxygens (including phenoxy) is 4. The Morgan fingerprint density at radius 2 is 1.98 bits per heavy atom. The van der Waals surface area contributed by atoms with Gasteiger partial charge in [0.25, 0.3) is 5.91 Å². The Kier molecular flexibility index (Phi) is 8.53. The fraction of sp³-hybridized carbons (Fsp3) is 0.433. The van der Waals surface area contributed by atoms with Crippen molar-refractivity contribution in [2.24, 2.45) is 5.92 Å². The Morgan fingerprint density at radius 3 is 2.70 bits per heavy atom. The van der Waals surface area contributed by atoms with Crippen LogP contribution in [0.5, 0.6) is 5.75 Å². The monoisotopic (exact) mass is 617 g/mol. The van der Waals surface area contributed by atoms with Gasteiger partial charge in [-0.1, -0.05) is 24.3 Å². The molecule has 234 valence electrons. The topological polar surface area (TPSA) is 126 Å². The summed E-state index contributed by atoms with van der Waals surface area (Å²) < 4.78 is 65.8. The highest BCUT2D eigenvalue weighted by Crippen LogP contribution is 2.49. The standard InChI is InChI=1S/C30H30F3N3O8/c1-30(2,28(39)41-3)44-29(40)43-15-42-26-21(37)14-34-36-24(20-11-6-12-35(20)27(38)25(26)36)22(16-7-4-8-17(31)13-16)18-9-5-10-19(32)23(18)33/h4-5,7-10,13-14,18,20,22-24H,6,11-12,15H2,1-3H3/t18?,20-,22-,23?,24-/m1/s1. The minimum Gasteiger partial charge on any atom is -0.466 e. The third-order valence-electron chi connectivity index (χ3n) is 8.01. The molecule has 0 N–H and O–H groups in total. The molecular weight excluding hydrogens is 587 g/mol. The molecule has 0 spiro atoms. The molecule has 1 amide bonds. The highest BCUT2D eigenvalue weighted by Gasteiger charge is 2.51. The van der Waals surface area contributed by atoms with Crippen LogP contribution in [0.1, 0.15) is 54.7 Å². The van der Waals surface area contributed by atoms with Crippen molar-refractivity contribution in [2.75, 3.05) is 20.4 Å². The average molecular weight is 618 g/mol. The molecule has 5 rings (SSSR count). The van der Waals surface area contributed by atoms with Crippen LogP contribution in [-0.4, -0.2) is 71.0 Å². The number of hydrogen-bond donors (Lipinski definition) is 0. The number of allylic oxidation sites excluding steroid dienone is 4. The van der Waals surface area contributed by atoms with Gasteiger partial charge in [-0.3, -0.25) is 14.3 Å². The summed E-state index contributed by atoms with van der Waals surface area (Å²) in [6, 6.07) is 4.08. The fourth-order valence-corrected chi connectivity index (χ4v) is 6.08. The summed E-state index contributed by atoms with van der Waals surface area (Å²) in [6.45, 7) is 1.97. The predicted molar refractivity (Wildman–Crippen MR) is 147 cm³/mol. The number of carbonyl (C=O) groups is 3. The summed E-state index contributed by atoms with van der Waals surface area (Å²) in [5.74, 6) is -5.59. The first-order valence-corrected chi connectivity index (χ1v) is 13.9. The molecule has 1 fully saturated rings. The highest BCUT2D eigenvalue weighted by atomic mass is 19.2. The van der Waals surface area contributed by atoms with Crippen molar-refractivity contribution in [1.82, 2.24) is 14.7 Å². The number of methoxy groups -OCH3 is 1. The van der Waals surface area contributed by atoms with Gasteiger partial charge in [-0.15, -0.1) is 0 Å². The van der Waals surface area contributed by atoms with Crippen molar-refractivity contribution in [3.63, 3.8) is 0 Å². The van der Waals surface area contributed by atoms with Crippen LogP contribution in [0.4, 0.5) is 18.0 Å². The minimum absolute atomic E-state index is 0.292. The first kappa shape index (κ1) is 30.8. The Balaban J connectivity index is 1.54. The molecule has 2 aromatic rings. The van der Waals surface area contributed by atoms with Crippen LogP contribution < -0.4 is 10.2 Å². The van der Waals surface area contributed by atoms with Gasteiger partial charge in [-0.2, -0.15) is 5.10 Å². The molecule has 1 aliphatic carbocycles. The van der Waals surface area contributed by atoms with Crippen LogP contribution in [0, 0.1) is 11.7 Å². The zero-order valence-corrected chi connectivity index (χ0v) is 24.1. The average Bonchev–Trinajstić information content (AvgIpc) is 3.47. The van der Waals surface area contributed by atoms with Crippen LogP contribution >= 0.6 is 0 Å². The number of benzene rings is 1. The molecular formula is C30H30F3N3O8. The summed E-state index contributed by atoms with van der Waals surface area (Å²) in [5, 5.41) is 4.24. The number of alkyl halides is 1. The lowest BCUT2D eigenvalue weighted by Gasteiger charge is -2.45. The molecule has 2 unspecified atom stereocenters. The highest BCUT2D eigenvalue weighted by molar-refractivity contribution is 5.96. The van der Waals surface area contributed by atoms with E-state index in [1.807, 2.05) is 0 Å². The van der Waals surface area contributed by atoms with Gasteiger partial charge in [0.2, 0.25) is 23.6 Å². The summed E-state index contributed by atoms with van der Waals surface area (Å²) >= 11 is 0. The van der Waals surface area contributed by atoms with Crippen molar-refractivity contribution < 1.29 is 46.5 Å². The van der Waals surface area contributed by atoms with E-state index in [-0.39, 0.29) is 5.69 Å². The molecule has 5 atom stereocenters. The van der Waals surface area contributed by atoms with Gasteiger partial charge in [0.05, 0.1) is 25.4 Å². The second-order valence-electron chi connectivity index (χ2n) is 11.1. The molecule has 2 aliphatic heterocycles. The van der Waals surface area contributed by atoms with E-state index >= 15 is 4.39 Å². The number of hydrogen-bond acceptors (Lipinski definition) is 9. The zero-order valence-electron chi connectivity index (χ0n) is 24.1. The molecule has 1 aromatic heterocycles. The van der Waals surface area contributed by atoms with E-state index in [2.05, 4.69) is 9.84 Å². The molecule has 3 aliphatic rings. The van der Waals surface area contributed by atoms with E-state index in [9.17, 15) is 28.0 Å². The number of fused-ring (bicyclic) bond motifs is 2. The fourth-order valence-electron chi connectivity index (χ4n) is 6.08. The predicted octanol–water partition coefficient (Wildman–Crippen LogP) is 4.14. The lowest BCUT2D eigenvalue weighted by Crippen LogP contribution is -2.52.